The number of nitrogens with one attached hydrogen (secondary N) is 1. The zero-order valence-corrected chi connectivity index (χ0v) is 14.5. The van der Waals surface area contributed by atoms with Crippen molar-refractivity contribution in [3.63, 3.8) is 0 Å². The number of benzene rings is 2. The van der Waals surface area contributed by atoms with E-state index in [2.05, 4.69) is 10.3 Å². The summed E-state index contributed by atoms with van der Waals surface area (Å²) in [7, 11) is 0. The third kappa shape index (κ3) is 2.91. The molecule has 120 valence electrons. The van der Waals surface area contributed by atoms with Gasteiger partial charge in [-0.1, -0.05) is 24.3 Å². The molecule has 1 N–H and O–H groups in total. The minimum Gasteiger partial charge on any atom is -0.321 e. The standard InChI is InChI=1S/C19H11N3OS2/c20-11-12-9-10-24-17(12)18(23)21-14-6-2-1-5-13(14)19-22-15-7-3-4-8-16(15)25-19/h1-10H,(H,21,23). The minimum atomic E-state index is -0.278. The maximum Gasteiger partial charge on any atom is 0.267 e. The van der Waals surface area contributed by atoms with Gasteiger partial charge in [-0.05, 0) is 35.7 Å². The van der Waals surface area contributed by atoms with Crippen LogP contribution >= 0.6 is 22.7 Å². The summed E-state index contributed by atoms with van der Waals surface area (Å²) in [6.07, 6.45) is 0. The number of fused-ring (bicyclic) bond motifs is 1. The Hall–Kier alpha value is -3.01. The third-order valence-electron chi connectivity index (χ3n) is 3.69. The van der Waals surface area contributed by atoms with E-state index < -0.39 is 0 Å². The molecule has 0 fully saturated rings. The molecule has 4 rings (SSSR count). The Bertz CT molecular complexity index is 1090. The first-order valence-corrected chi connectivity index (χ1v) is 9.20. The fourth-order valence-electron chi connectivity index (χ4n) is 2.52. The first kappa shape index (κ1) is 15.5. The fourth-order valence-corrected chi connectivity index (χ4v) is 4.26. The van der Waals surface area contributed by atoms with Crippen LogP contribution in [0.3, 0.4) is 0 Å². The summed E-state index contributed by atoms with van der Waals surface area (Å²) in [4.78, 5) is 17.6. The molecule has 2 aromatic carbocycles. The lowest BCUT2D eigenvalue weighted by atomic mass is 10.1. The molecule has 6 heteroatoms. The van der Waals surface area contributed by atoms with Crippen LogP contribution in [0.2, 0.25) is 0 Å². The van der Waals surface area contributed by atoms with E-state index in [4.69, 9.17) is 5.26 Å². The van der Waals surface area contributed by atoms with Crippen molar-refractivity contribution in [1.82, 2.24) is 4.98 Å². The van der Waals surface area contributed by atoms with Gasteiger partial charge >= 0.3 is 0 Å². The molecule has 4 aromatic rings. The lowest BCUT2D eigenvalue weighted by Crippen LogP contribution is -2.12. The van der Waals surface area contributed by atoms with E-state index in [1.807, 2.05) is 54.6 Å². The van der Waals surface area contributed by atoms with Crippen LogP contribution < -0.4 is 5.32 Å². The SMILES string of the molecule is N#Cc1ccsc1C(=O)Nc1ccccc1-c1nc2ccccc2s1. The van der Waals surface area contributed by atoms with Gasteiger partial charge in [-0.3, -0.25) is 4.79 Å². The molecule has 2 heterocycles. The Morgan fingerprint density at radius 3 is 2.72 bits per heavy atom. The molecule has 0 aliphatic rings. The monoisotopic (exact) mass is 361 g/mol. The lowest BCUT2D eigenvalue weighted by Gasteiger charge is -2.08. The number of nitrogens with zero attached hydrogens (tertiary/aromatic N) is 2. The summed E-state index contributed by atoms with van der Waals surface area (Å²) in [6.45, 7) is 0. The third-order valence-corrected chi connectivity index (χ3v) is 5.67. The van der Waals surface area contributed by atoms with E-state index >= 15 is 0 Å². The lowest BCUT2D eigenvalue weighted by molar-refractivity contribution is 0.103. The first-order chi connectivity index (χ1) is 12.3. The van der Waals surface area contributed by atoms with Crippen LogP contribution in [-0.2, 0) is 0 Å². The number of rotatable bonds is 3. The number of thiophene rings is 1. The van der Waals surface area contributed by atoms with Gasteiger partial charge in [0, 0.05) is 5.56 Å². The summed E-state index contributed by atoms with van der Waals surface area (Å²) in [5, 5.41) is 14.6. The number of carbonyl (C=O) groups excluding carboxylic acids is 1. The highest BCUT2D eigenvalue weighted by Gasteiger charge is 2.16. The van der Waals surface area contributed by atoms with Crippen LogP contribution in [0.25, 0.3) is 20.8 Å². The van der Waals surface area contributed by atoms with Crippen molar-refractivity contribution in [3.05, 3.63) is 70.4 Å². The number of nitriles is 1. The van der Waals surface area contributed by atoms with Gasteiger partial charge < -0.3 is 5.32 Å². The van der Waals surface area contributed by atoms with Gasteiger partial charge in [-0.15, -0.1) is 22.7 Å². The summed E-state index contributed by atoms with van der Waals surface area (Å²) in [6, 6.07) is 19.2. The molecule has 0 spiro atoms. The molecule has 0 aliphatic heterocycles. The van der Waals surface area contributed by atoms with Crippen molar-refractivity contribution in [3.8, 4) is 16.6 Å². The van der Waals surface area contributed by atoms with Crippen LogP contribution in [0.15, 0.2) is 60.0 Å². The Morgan fingerprint density at radius 2 is 1.88 bits per heavy atom. The first-order valence-electron chi connectivity index (χ1n) is 7.50. The van der Waals surface area contributed by atoms with Gasteiger partial charge in [0.1, 0.15) is 16.0 Å². The number of thiazole rings is 1. The Balaban J connectivity index is 1.72. The van der Waals surface area contributed by atoms with Crippen LogP contribution in [-0.4, -0.2) is 10.9 Å². The highest BCUT2D eigenvalue weighted by molar-refractivity contribution is 7.21. The molecule has 0 atom stereocenters. The van der Waals surface area contributed by atoms with E-state index in [1.54, 1.807) is 22.8 Å². The van der Waals surface area contributed by atoms with E-state index in [0.717, 1.165) is 20.8 Å². The minimum absolute atomic E-state index is 0.278. The van der Waals surface area contributed by atoms with E-state index in [1.165, 1.54) is 11.3 Å². The van der Waals surface area contributed by atoms with Crippen molar-refractivity contribution < 1.29 is 4.79 Å². The molecule has 0 unspecified atom stereocenters. The number of anilines is 1. The smallest absolute Gasteiger partial charge is 0.267 e. The molecule has 4 nitrogen and oxygen atoms in total. The Morgan fingerprint density at radius 1 is 1.08 bits per heavy atom. The number of aromatic nitrogens is 1. The second kappa shape index (κ2) is 6.48. The van der Waals surface area contributed by atoms with Gasteiger partial charge in [0.2, 0.25) is 0 Å². The zero-order chi connectivity index (χ0) is 17.2. The van der Waals surface area contributed by atoms with Crippen molar-refractivity contribution in [1.29, 1.82) is 5.26 Å². The van der Waals surface area contributed by atoms with Gasteiger partial charge in [0.15, 0.2) is 0 Å². The van der Waals surface area contributed by atoms with Gasteiger partial charge in [0.05, 0.1) is 21.5 Å². The summed E-state index contributed by atoms with van der Waals surface area (Å²) in [5.41, 5.74) is 2.88. The molecule has 0 saturated heterocycles. The average molecular weight is 361 g/mol. The zero-order valence-electron chi connectivity index (χ0n) is 12.9. The van der Waals surface area contributed by atoms with Crippen molar-refractivity contribution in [2.75, 3.05) is 5.32 Å². The van der Waals surface area contributed by atoms with Gasteiger partial charge in [-0.25, -0.2) is 4.98 Å². The molecule has 2 aromatic heterocycles. The van der Waals surface area contributed by atoms with Crippen LogP contribution in [0, 0.1) is 11.3 Å². The quantitative estimate of drug-likeness (QED) is 0.549. The second-order valence-electron chi connectivity index (χ2n) is 5.26. The molecule has 0 radical (unpaired) electrons. The Kier molecular flexibility index (Phi) is 4.02. The normalized spacial score (nSPS) is 10.5. The summed E-state index contributed by atoms with van der Waals surface area (Å²) in [5.74, 6) is -0.278. The number of hydrogen-bond acceptors (Lipinski definition) is 5. The molecular weight excluding hydrogens is 350 g/mol. The Labute approximate surface area is 152 Å². The highest BCUT2D eigenvalue weighted by atomic mass is 32.1. The van der Waals surface area contributed by atoms with E-state index in [9.17, 15) is 4.79 Å². The topological polar surface area (TPSA) is 65.8 Å². The maximum atomic E-state index is 12.5. The number of amides is 1. The largest absolute Gasteiger partial charge is 0.321 e. The van der Waals surface area contributed by atoms with Crippen molar-refractivity contribution in [2.45, 2.75) is 0 Å². The van der Waals surface area contributed by atoms with Gasteiger partial charge in [-0.2, -0.15) is 5.26 Å². The van der Waals surface area contributed by atoms with Gasteiger partial charge in [0.25, 0.3) is 5.91 Å². The van der Waals surface area contributed by atoms with E-state index in [-0.39, 0.29) is 5.91 Å². The number of para-hydroxylation sites is 2. The second-order valence-corrected chi connectivity index (χ2v) is 7.21. The van der Waals surface area contributed by atoms with Crippen molar-refractivity contribution in [2.24, 2.45) is 0 Å². The molecular formula is C19H11N3OS2. The molecule has 0 aliphatic carbocycles. The van der Waals surface area contributed by atoms with Crippen LogP contribution in [0.1, 0.15) is 15.2 Å². The number of carbonyl (C=O) groups is 1. The fraction of sp³-hybridized carbons (Fsp3) is 0. The van der Waals surface area contributed by atoms with E-state index in [0.29, 0.717) is 16.1 Å². The predicted octanol–water partition coefficient (Wildman–Crippen LogP) is 5.15. The molecule has 25 heavy (non-hydrogen) atoms. The summed E-state index contributed by atoms with van der Waals surface area (Å²) < 4.78 is 1.10. The van der Waals surface area contributed by atoms with Crippen molar-refractivity contribution >= 4 is 44.5 Å². The number of hydrogen-bond donors (Lipinski definition) is 1. The highest BCUT2D eigenvalue weighted by Crippen LogP contribution is 2.34. The molecule has 0 saturated carbocycles. The molecule has 0 bridgehead atoms. The summed E-state index contributed by atoms with van der Waals surface area (Å²) >= 11 is 2.84. The van der Waals surface area contributed by atoms with Crippen LogP contribution in [0.4, 0.5) is 5.69 Å². The molecule has 1 amide bonds. The average Bonchev–Trinajstić information content (AvgIpc) is 3.28. The predicted molar refractivity (Wildman–Crippen MR) is 102 cm³/mol. The van der Waals surface area contributed by atoms with Crippen LogP contribution in [0.5, 0.6) is 0 Å². The maximum absolute atomic E-state index is 12.5.